The van der Waals surface area contributed by atoms with E-state index in [4.69, 9.17) is 0 Å². The van der Waals surface area contributed by atoms with Crippen LogP contribution in [-0.4, -0.2) is 69.7 Å². The van der Waals surface area contributed by atoms with E-state index in [2.05, 4.69) is 15.3 Å². The number of nitrogens with zero attached hydrogens (tertiary/aromatic N) is 5. The van der Waals surface area contributed by atoms with E-state index < -0.39 is 15.8 Å². The van der Waals surface area contributed by atoms with E-state index in [0.717, 1.165) is 23.0 Å². The number of H-pyrrole nitrogens is 1. The number of rotatable bonds is 4. The summed E-state index contributed by atoms with van der Waals surface area (Å²) in [6.45, 7) is 4.39. The van der Waals surface area contributed by atoms with Crippen LogP contribution in [0.3, 0.4) is 0 Å². The molecule has 164 valence electrons. The second-order valence-electron chi connectivity index (χ2n) is 7.46. The van der Waals surface area contributed by atoms with Gasteiger partial charge in [-0.2, -0.15) is 14.5 Å². The molecule has 4 rings (SSSR count). The molecule has 31 heavy (non-hydrogen) atoms. The Morgan fingerprint density at radius 3 is 2.42 bits per heavy atom. The van der Waals surface area contributed by atoms with Gasteiger partial charge in [0.2, 0.25) is 10.0 Å². The van der Waals surface area contributed by atoms with Crippen LogP contribution in [0.5, 0.6) is 0 Å². The molecule has 1 aromatic carbocycles. The van der Waals surface area contributed by atoms with Crippen molar-refractivity contribution in [3.8, 4) is 11.3 Å². The van der Waals surface area contributed by atoms with Gasteiger partial charge in [-0.3, -0.25) is 14.6 Å². The van der Waals surface area contributed by atoms with Gasteiger partial charge in [0.05, 0.1) is 11.4 Å². The maximum Gasteiger partial charge on any atom is 0.271 e. The second kappa shape index (κ2) is 7.89. The molecule has 1 aliphatic rings. The fraction of sp³-hybridized carbons (Fsp3) is 0.350. The van der Waals surface area contributed by atoms with Gasteiger partial charge in [0.15, 0.2) is 0 Å². The smallest absolute Gasteiger partial charge is 0.271 e. The van der Waals surface area contributed by atoms with Gasteiger partial charge in [-0.25, -0.2) is 12.8 Å². The number of carbonyl (C=O) groups is 1. The van der Waals surface area contributed by atoms with Gasteiger partial charge in [-0.1, -0.05) is 12.1 Å². The molecule has 3 aromatic rings. The molecule has 0 spiro atoms. The van der Waals surface area contributed by atoms with Crippen LogP contribution in [0.25, 0.3) is 11.3 Å². The lowest BCUT2D eigenvalue weighted by atomic mass is 10.1. The van der Waals surface area contributed by atoms with E-state index in [1.165, 1.54) is 22.5 Å². The SMILES string of the molecule is Cc1nn(C)c(C)c1-c1cc(C(=O)N2CCN(S(=O)(=O)c3ccccc3F)CC2)[nH]n1. The third kappa shape index (κ3) is 3.74. The van der Waals surface area contributed by atoms with Gasteiger partial charge in [-0.05, 0) is 32.0 Å². The van der Waals surface area contributed by atoms with Crippen molar-refractivity contribution in [3.63, 3.8) is 0 Å². The van der Waals surface area contributed by atoms with Gasteiger partial charge in [-0.15, -0.1) is 0 Å². The average Bonchev–Trinajstić information content (AvgIpc) is 3.32. The first-order valence-corrected chi connectivity index (χ1v) is 11.2. The minimum absolute atomic E-state index is 0.0875. The Morgan fingerprint density at radius 1 is 1.13 bits per heavy atom. The quantitative estimate of drug-likeness (QED) is 0.657. The number of hydrogen-bond donors (Lipinski definition) is 1. The number of hydrogen-bond acceptors (Lipinski definition) is 5. The topological polar surface area (TPSA) is 104 Å². The highest BCUT2D eigenvalue weighted by atomic mass is 32.2. The standard InChI is InChI=1S/C20H23FN6O3S/c1-13-19(14(2)25(3)24-13)16-12-17(23-22-16)20(28)26-8-10-27(11-9-26)31(29,30)18-7-5-4-6-15(18)21/h4-7,12H,8-11H2,1-3H3,(H,22,23). The summed E-state index contributed by atoms with van der Waals surface area (Å²) in [6.07, 6.45) is 0. The first-order chi connectivity index (χ1) is 14.7. The second-order valence-corrected chi connectivity index (χ2v) is 9.37. The number of aromatic nitrogens is 4. The van der Waals surface area contributed by atoms with E-state index in [9.17, 15) is 17.6 Å². The molecule has 1 amide bonds. The zero-order valence-electron chi connectivity index (χ0n) is 17.5. The molecule has 3 heterocycles. The van der Waals surface area contributed by atoms with Crippen molar-refractivity contribution in [2.75, 3.05) is 26.2 Å². The highest BCUT2D eigenvalue weighted by molar-refractivity contribution is 7.89. The molecule has 0 aliphatic carbocycles. The van der Waals surface area contributed by atoms with Crippen molar-refractivity contribution in [1.29, 1.82) is 0 Å². The minimum atomic E-state index is -3.95. The molecule has 0 saturated carbocycles. The molecular formula is C20H23FN6O3S. The number of piperazine rings is 1. The Hall–Kier alpha value is -3.05. The van der Waals surface area contributed by atoms with Crippen molar-refractivity contribution in [2.24, 2.45) is 7.05 Å². The number of aromatic amines is 1. The molecule has 2 aromatic heterocycles. The summed E-state index contributed by atoms with van der Waals surface area (Å²) in [5, 5.41) is 11.4. The molecule has 0 bridgehead atoms. The van der Waals surface area contributed by atoms with Crippen molar-refractivity contribution >= 4 is 15.9 Å². The molecule has 0 unspecified atom stereocenters. The van der Waals surface area contributed by atoms with E-state index in [1.807, 2.05) is 20.9 Å². The van der Waals surface area contributed by atoms with E-state index in [0.29, 0.717) is 11.4 Å². The third-order valence-electron chi connectivity index (χ3n) is 5.55. The number of amides is 1. The van der Waals surface area contributed by atoms with Crippen molar-refractivity contribution < 1.29 is 17.6 Å². The highest BCUT2D eigenvalue weighted by Gasteiger charge is 2.32. The summed E-state index contributed by atoms with van der Waals surface area (Å²) in [6, 6.07) is 6.97. The van der Waals surface area contributed by atoms with Gasteiger partial charge >= 0.3 is 0 Å². The van der Waals surface area contributed by atoms with Crippen molar-refractivity contribution in [1.82, 2.24) is 29.2 Å². The summed E-state index contributed by atoms with van der Waals surface area (Å²) in [4.78, 5) is 14.1. The number of benzene rings is 1. The predicted molar refractivity (Wildman–Crippen MR) is 111 cm³/mol. The highest BCUT2D eigenvalue weighted by Crippen LogP contribution is 2.26. The molecule has 0 radical (unpaired) electrons. The fourth-order valence-electron chi connectivity index (χ4n) is 3.80. The fourth-order valence-corrected chi connectivity index (χ4v) is 5.29. The summed E-state index contributed by atoms with van der Waals surface area (Å²) in [7, 11) is -2.11. The summed E-state index contributed by atoms with van der Waals surface area (Å²) < 4.78 is 42.4. The largest absolute Gasteiger partial charge is 0.335 e. The van der Waals surface area contributed by atoms with E-state index >= 15 is 0 Å². The Bertz CT molecular complexity index is 1240. The van der Waals surface area contributed by atoms with Crippen LogP contribution < -0.4 is 0 Å². The van der Waals surface area contributed by atoms with Crippen LogP contribution >= 0.6 is 0 Å². The lowest BCUT2D eigenvalue weighted by Gasteiger charge is -2.33. The zero-order chi connectivity index (χ0) is 22.3. The van der Waals surface area contributed by atoms with Crippen LogP contribution in [0.4, 0.5) is 4.39 Å². The number of carbonyl (C=O) groups excluding carboxylic acids is 1. The maximum absolute atomic E-state index is 14.0. The Balaban J connectivity index is 1.47. The first-order valence-electron chi connectivity index (χ1n) is 9.80. The van der Waals surface area contributed by atoms with E-state index in [1.54, 1.807) is 15.6 Å². The van der Waals surface area contributed by atoms with Crippen LogP contribution in [0.15, 0.2) is 35.2 Å². The first kappa shape index (κ1) is 21.2. The van der Waals surface area contributed by atoms with Gasteiger partial charge < -0.3 is 4.90 Å². The summed E-state index contributed by atoms with van der Waals surface area (Å²) in [5.74, 6) is -1.05. The number of aryl methyl sites for hydroxylation is 2. The van der Waals surface area contributed by atoms with E-state index in [-0.39, 0.29) is 37.0 Å². The summed E-state index contributed by atoms with van der Waals surface area (Å²) >= 11 is 0. The van der Waals surface area contributed by atoms with Gasteiger partial charge in [0.25, 0.3) is 5.91 Å². The molecule has 1 fully saturated rings. The molecular weight excluding hydrogens is 423 g/mol. The normalized spacial score (nSPS) is 15.4. The lowest BCUT2D eigenvalue weighted by Crippen LogP contribution is -2.50. The third-order valence-corrected chi connectivity index (χ3v) is 7.49. The molecule has 1 aliphatic heterocycles. The number of nitrogens with one attached hydrogen (secondary N) is 1. The Morgan fingerprint density at radius 2 is 1.81 bits per heavy atom. The molecule has 1 N–H and O–H groups in total. The van der Waals surface area contributed by atoms with Crippen LogP contribution in [0, 0.1) is 19.7 Å². The zero-order valence-corrected chi connectivity index (χ0v) is 18.3. The Labute approximate surface area is 179 Å². The monoisotopic (exact) mass is 446 g/mol. The molecule has 9 nitrogen and oxygen atoms in total. The van der Waals surface area contributed by atoms with Crippen LogP contribution in [-0.2, 0) is 17.1 Å². The Kier molecular flexibility index (Phi) is 5.40. The molecule has 0 atom stereocenters. The van der Waals surface area contributed by atoms with Crippen LogP contribution in [0.1, 0.15) is 21.9 Å². The average molecular weight is 447 g/mol. The van der Waals surface area contributed by atoms with Crippen molar-refractivity contribution in [3.05, 3.63) is 53.2 Å². The predicted octanol–water partition coefficient (Wildman–Crippen LogP) is 1.71. The minimum Gasteiger partial charge on any atom is -0.335 e. The lowest BCUT2D eigenvalue weighted by molar-refractivity contribution is 0.0691. The summed E-state index contributed by atoms with van der Waals surface area (Å²) in [5.41, 5.74) is 3.58. The van der Waals surface area contributed by atoms with Gasteiger partial charge in [0, 0.05) is 44.5 Å². The molecule has 1 saturated heterocycles. The number of halogens is 1. The van der Waals surface area contributed by atoms with Crippen molar-refractivity contribution in [2.45, 2.75) is 18.7 Å². The molecule has 11 heteroatoms. The maximum atomic E-state index is 14.0. The van der Waals surface area contributed by atoms with Crippen LogP contribution in [0.2, 0.25) is 0 Å². The van der Waals surface area contributed by atoms with Gasteiger partial charge in [0.1, 0.15) is 16.4 Å². The number of sulfonamides is 1.